The first-order chi connectivity index (χ1) is 14.6. The standard InChI is InChI=1S/C24H25FN4O/c1-26-23-15-20(8-11-27-23)24(30)29-12-9-18(10-13-29)22-7-6-17(16-28-22)14-19-4-2-3-5-21(19)25/h2-8,11,15-16,18H,9-10,12-14H2,1H3,(H,26,27). The van der Waals surface area contributed by atoms with Gasteiger partial charge >= 0.3 is 0 Å². The Bertz CT molecular complexity index is 1010. The highest BCUT2D eigenvalue weighted by Gasteiger charge is 2.25. The number of nitrogens with one attached hydrogen (secondary N) is 1. The number of halogens is 1. The second-order valence-corrected chi connectivity index (χ2v) is 7.61. The number of anilines is 1. The summed E-state index contributed by atoms with van der Waals surface area (Å²) < 4.78 is 13.9. The number of nitrogens with zero attached hydrogens (tertiary/aromatic N) is 3. The Kier molecular flexibility index (Phi) is 6.02. The van der Waals surface area contributed by atoms with Crippen LogP contribution < -0.4 is 5.32 Å². The summed E-state index contributed by atoms with van der Waals surface area (Å²) in [4.78, 5) is 23.5. The first-order valence-corrected chi connectivity index (χ1v) is 10.3. The van der Waals surface area contributed by atoms with E-state index >= 15 is 0 Å². The molecule has 4 rings (SSSR count). The van der Waals surface area contributed by atoms with E-state index in [2.05, 4.69) is 15.3 Å². The fraction of sp³-hybridized carbons (Fsp3) is 0.292. The van der Waals surface area contributed by atoms with Gasteiger partial charge in [-0.25, -0.2) is 9.37 Å². The number of pyridine rings is 2. The van der Waals surface area contributed by atoms with E-state index in [9.17, 15) is 9.18 Å². The van der Waals surface area contributed by atoms with Gasteiger partial charge in [-0.3, -0.25) is 9.78 Å². The maximum atomic E-state index is 13.9. The Morgan fingerprint density at radius 1 is 1.13 bits per heavy atom. The first kappa shape index (κ1) is 20.0. The van der Waals surface area contributed by atoms with Crippen molar-refractivity contribution >= 4 is 11.7 Å². The van der Waals surface area contributed by atoms with E-state index in [0.29, 0.717) is 42.4 Å². The molecule has 1 amide bonds. The largest absolute Gasteiger partial charge is 0.373 e. The van der Waals surface area contributed by atoms with Gasteiger partial charge in [0.1, 0.15) is 11.6 Å². The lowest BCUT2D eigenvalue weighted by Crippen LogP contribution is -2.38. The van der Waals surface area contributed by atoms with Crippen LogP contribution in [0.5, 0.6) is 0 Å². The lowest BCUT2D eigenvalue weighted by Gasteiger charge is -2.32. The molecule has 1 aliphatic rings. The highest BCUT2D eigenvalue weighted by atomic mass is 19.1. The van der Waals surface area contributed by atoms with Crippen molar-refractivity contribution < 1.29 is 9.18 Å². The average Bonchev–Trinajstić information content (AvgIpc) is 2.81. The van der Waals surface area contributed by atoms with Gasteiger partial charge in [-0.1, -0.05) is 24.3 Å². The number of hydrogen-bond acceptors (Lipinski definition) is 4. The fourth-order valence-corrected chi connectivity index (χ4v) is 3.90. The second-order valence-electron chi connectivity index (χ2n) is 7.61. The molecule has 154 valence electrons. The summed E-state index contributed by atoms with van der Waals surface area (Å²) in [7, 11) is 1.79. The minimum atomic E-state index is -0.186. The average molecular weight is 404 g/mol. The van der Waals surface area contributed by atoms with Gasteiger partial charge in [0, 0.05) is 56.1 Å². The number of carbonyl (C=O) groups is 1. The third-order valence-electron chi connectivity index (χ3n) is 5.66. The summed E-state index contributed by atoms with van der Waals surface area (Å²) in [5.41, 5.74) is 3.37. The smallest absolute Gasteiger partial charge is 0.254 e. The number of piperidine rings is 1. The van der Waals surface area contributed by atoms with E-state index in [1.54, 1.807) is 37.5 Å². The maximum absolute atomic E-state index is 13.9. The zero-order valence-corrected chi connectivity index (χ0v) is 17.0. The minimum Gasteiger partial charge on any atom is -0.373 e. The summed E-state index contributed by atoms with van der Waals surface area (Å²) >= 11 is 0. The molecule has 3 aromatic rings. The van der Waals surface area contributed by atoms with Gasteiger partial charge in [-0.2, -0.15) is 0 Å². The Balaban J connectivity index is 1.36. The predicted molar refractivity (Wildman–Crippen MR) is 115 cm³/mol. The zero-order valence-electron chi connectivity index (χ0n) is 17.0. The van der Waals surface area contributed by atoms with Crippen molar-refractivity contribution in [3.63, 3.8) is 0 Å². The molecule has 0 bridgehead atoms. The van der Waals surface area contributed by atoms with Crippen molar-refractivity contribution in [2.24, 2.45) is 0 Å². The molecule has 1 N–H and O–H groups in total. The molecular weight excluding hydrogens is 379 g/mol. The van der Waals surface area contributed by atoms with Gasteiger partial charge in [-0.15, -0.1) is 0 Å². The minimum absolute atomic E-state index is 0.0422. The first-order valence-electron chi connectivity index (χ1n) is 10.3. The molecule has 0 aliphatic carbocycles. The van der Waals surface area contributed by atoms with Gasteiger partial charge < -0.3 is 10.2 Å². The maximum Gasteiger partial charge on any atom is 0.254 e. The highest BCUT2D eigenvalue weighted by Crippen LogP contribution is 2.28. The molecule has 6 heteroatoms. The van der Waals surface area contributed by atoms with Crippen LogP contribution in [0.2, 0.25) is 0 Å². The van der Waals surface area contributed by atoms with Crippen molar-refractivity contribution in [3.05, 3.63) is 89.1 Å². The van der Waals surface area contributed by atoms with Crippen LogP contribution in [0.3, 0.4) is 0 Å². The lowest BCUT2D eigenvalue weighted by atomic mass is 9.92. The summed E-state index contributed by atoms with van der Waals surface area (Å²) in [5, 5.41) is 2.97. The molecule has 0 spiro atoms. The van der Waals surface area contributed by atoms with Crippen molar-refractivity contribution in [2.45, 2.75) is 25.2 Å². The summed E-state index contributed by atoms with van der Waals surface area (Å²) in [6, 6.07) is 14.4. The molecule has 0 unspecified atom stereocenters. The fourth-order valence-electron chi connectivity index (χ4n) is 3.90. The van der Waals surface area contributed by atoms with Gasteiger partial charge in [0.25, 0.3) is 5.91 Å². The molecule has 2 aromatic heterocycles. The second kappa shape index (κ2) is 9.03. The number of aromatic nitrogens is 2. The highest BCUT2D eigenvalue weighted by molar-refractivity contribution is 5.94. The molecule has 0 atom stereocenters. The van der Waals surface area contributed by atoms with Crippen molar-refractivity contribution in [1.29, 1.82) is 0 Å². The molecule has 1 fully saturated rings. The van der Waals surface area contributed by atoms with E-state index in [1.165, 1.54) is 6.07 Å². The Hall–Kier alpha value is -3.28. The van der Waals surface area contributed by atoms with Crippen LogP contribution in [0.25, 0.3) is 0 Å². The van der Waals surface area contributed by atoms with Crippen LogP contribution in [0.1, 0.15) is 45.9 Å². The quantitative estimate of drug-likeness (QED) is 0.690. The van der Waals surface area contributed by atoms with Crippen LogP contribution in [0.4, 0.5) is 10.2 Å². The van der Waals surface area contributed by atoms with Crippen molar-refractivity contribution in [2.75, 3.05) is 25.5 Å². The number of hydrogen-bond donors (Lipinski definition) is 1. The molecule has 30 heavy (non-hydrogen) atoms. The van der Waals surface area contributed by atoms with Gasteiger partial charge in [0.2, 0.25) is 0 Å². The molecule has 1 aromatic carbocycles. The van der Waals surface area contributed by atoms with Gasteiger partial charge in [-0.05, 0) is 48.2 Å². The number of rotatable bonds is 5. The molecule has 0 radical (unpaired) electrons. The Morgan fingerprint density at radius 2 is 1.93 bits per heavy atom. The SMILES string of the molecule is CNc1cc(C(=O)N2CCC(c3ccc(Cc4ccccc4F)cn3)CC2)ccn1. The monoisotopic (exact) mass is 404 g/mol. The number of amides is 1. The predicted octanol–water partition coefficient (Wildman–Crippen LogP) is 4.27. The van der Waals surface area contributed by atoms with E-state index in [0.717, 1.165) is 24.1 Å². The summed E-state index contributed by atoms with van der Waals surface area (Å²) in [6.45, 7) is 1.42. The van der Waals surface area contributed by atoms with E-state index in [4.69, 9.17) is 0 Å². The lowest BCUT2D eigenvalue weighted by molar-refractivity contribution is 0.0712. The molecule has 1 aliphatic heterocycles. The molecule has 0 saturated carbocycles. The number of likely N-dealkylation sites (tertiary alicyclic amines) is 1. The van der Waals surface area contributed by atoms with Gasteiger partial charge in [0.15, 0.2) is 0 Å². The van der Waals surface area contributed by atoms with Crippen LogP contribution >= 0.6 is 0 Å². The molecule has 3 heterocycles. The molecule has 5 nitrogen and oxygen atoms in total. The van der Waals surface area contributed by atoms with Crippen molar-refractivity contribution in [3.8, 4) is 0 Å². The Labute approximate surface area is 176 Å². The number of carbonyl (C=O) groups excluding carboxylic acids is 1. The van der Waals surface area contributed by atoms with Crippen LogP contribution in [-0.2, 0) is 6.42 Å². The van der Waals surface area contributed by atoms with Crippen LogP contribution in [-0.4, -0.2) is 40.9 Å². The summed E-state index contributed by atoms with van der Waals surface area (Å²) in [6.07, 6.45) is 5.80. The van der Waals surface area contributed by atoms with Crippen LogP contribution in [0, 0.1) is 5.82 Å². The summed E-state index contributed by atoms with van der Waals surface area (Å²) in [5.74, 6) is 0.882. The topological polar surface area (TPSA) is 58.1 Å². The van der Waals surface area contributed by atoms with E-state index < -0.39 is 0 Å². The Morgan fingerprint density at radius 3 is 2.63 bits per heavy atom. The zero-order chi connectivity index (χ0) is 20.9. The van der Waals surface area contributed by atoms with Crippen LogP contribution in [0.15, 0.2) is 60.9 Å². The third-order valence-corrected chi connectivity index (χ3v) is 5.66. The van der Waals surface area contributed by atoms with Gasteiger partial charge in [0.05, 0.1) is 0 Å². The van der Waals surface area contributed by atoms with E-state index in [1.807, 2.05) is 29.3 Å². The van der Waals surface area contributed by atoms with E-state index in [-0.39, 0.29) is 11.7 Å². The molecule has 1 saturated heterocycles. The third kappa shape index (κ3) is 4.48. The van der Waals surface area contributed by atoms with Crippen molar-refractivity contribution in [1.82, 2.24) is 14.9 Å². The number of benzene rings is 1. The molecular formula is C24H25FN4O. The normalized spacial score (nSPS) is 14.5.